The van der Waals surface area contributed by atoms with Crippen LogP contribution in [0.1, 0.15) is 43.4 Å². The normalized spacial score (nSPS) is 17.3. The van der Waals surface area contributed by atoms with Gasteiger partial charge in [0.05, 0.1) is 16.2 Å². The number of benzene rings is 2. The Balaban J connectivity index is 1.97. The Bertz CT molecular complexity index is 1130. The number of halogens is 6. The molecular weight excluding hydrogens is 512 g/mol. The molecule has 0 radical (unpaired) electrons. The average Bonchev–Trinajstić information content (AvgIpc) is 2.83. The lowest BCUT2D eigenvalue weighted by molar-refractivity contribution is -0.376. The summed E-state index contributed by atoms with van der Waals surface area (Å²) in [6.07, 6.45) is -12.2. The molecule has 2 aromatic carbocycles. The number of aliphatic hydroxyl groups is 1. The lowest BCUT2D eigenvalue weighted by atomic mass is 9.88. The van der Waals surface area contributed by atoms with Crippen molar-refractivity contribution in [2.75, 3.05) is 25.1 Å². The molecule has 0 aromatic heterocycles. The molecule has 1 N–H and O–H groups in total. The Morgan fingerprint density at radius 2 is 1.56 bits per heavy atom. The van der Waals surface area contributed by atoms with E-state index in [2.05, 4.69) is 0 Å². The van der Waals surface area contributed by atoms with Gasteiger partial charge in [-0.25, -0.2) is 8.42 Å². The van der Waals surface area contributed by atoms with Crippen molar-refractivity contribution in [2.45, 2.75) is 60.4 Å². The second-order valence-corrected chi connectivity index (χ2v) is 10.9. The van der Waals surface area contributed by atoms with Crippen molar-refractivity contribution in [2.24, 2.45) is 0 Å². The highest BCUT2D eigenvalue weighted by atomic mass is 32.2. The smallest absolute Gasteiger partial charge is 0.377 e. The minimum Gasteiger partial charge on any atom is -0.377 e. The maximum atomic E-state index is 13.5. The van der Waals surface area contributed by atoms with Gasteiger partial charge in [-0.1, -0.05) is 31.2 Å². The fourth-order valence-electron chi connectivity index (χ4n) is 4.54. The molecule has 0 bridgehead atoms. The Hall–Kier alpha value is -2.31. The number of nitrogens with zero attached hydrogens (tertiary/aromatic N) is 1. The maximum absolute atomic E-state index is 13.5. The van der Waals surface area contributed by atoms with Gasteiger partial charge in [0.15, 0.2) is 9.84 Å². The van der Waals surface area contributed by atoms with Crippen LogP contribution in [0.3, 0.4) is 0 Å². The molecule has 1 heterocycles. The van der Waals surface area contributed by atoms with E-state index in [-0.39, 0.29) is 42.8 Å². The summed E-state index contributed by atoms with van der Waals surface area (Å²) in [5.74, 6) is 0. The zero-order valence-electron chi connectivity index (χ0n) is 19.6. The zero-order chi connectivity index (χ0) is 26.9. The van der Waals surface area contributed by atoms with E-state index < -0.39 is 44.7 Å². The van der Waals surface area contributed by atoms with Crippen LogP contribution >= 0.6 is 0 Å². The van der Waals surface area contributed by atoms with Crippen molar-refractivity contribution in [1.82, 2.24) is 0 Å². The number of rotatable bonds is 7. The molecule has 0 unspecified atom stereocenters. The van der Waals surface area contributed by atoms with Crippen molar-refractivity contribution in [3.05, 3.63) is 59.7 Å². The van der Waals surface area contributed by atoms with Crippen LogP contribution < -0.4 is 4.90 Å². The number of anilines is 1. The SMILES string of the molecule is CC[C@H](OC)c1cc(C(O)(C(F)(F)F)C(F)(F)F)ccc1N1CCC(S(=O)(=O)c2ccccc2)CC1. The molecule has 0 spiro atoms. The molecule has 36 heavy (non-hydrogen) atoms. The van der Waals surface area contributed by atoms with Crippen LogP contribution in [0, 0.1) is 0 Å². The van der Waals surface area contributed by atoms with E-state index in [1.54, 1.807) is 30.0 Å². The highest BCUT2D eigenvalue weighted by molar-refractivity contribution is 7.92. The van der Waals surface area contributed by atoms with Crippen molar-refractivity contribution < 1.29 is 44.6 Å². The van der Waals surface area contributed by atoms with E-state index in [1.165, 1.54) is 19.2 Å². The van der Waals surface area contributed by atoms with Gasteiger partial charge in [0.25, 0.3) is 5.60 Å². The number of alkyl halides is 6. The van der Waals surface area contributed by atoms with Crippen LogP contribution in [0.4, 0.5) is 32.0 Å². The number of piperidine rings is 1. The molecule has 1 fully saturated rings. The molecule has 1 atom stereocenters. The van der Waals surface area contributed by atoms with Gasteiger partial charge in [-0.05, 0) is 43.5 Å². The quantitative estimate of drug-likeness (QED) is 0.468. The molecule has 5 nitrogen and oxygen atoms in total. The molecule has 1 saturated heterocycles. The Morgan fingerprint density at radius 3 is 2.03 bits per heavy atom. The molecule has 1 aliphatic rings. The Kier molecular flexibility index (Phi) is 8.02. The number of ether oxygens (including phenoxy) is 1. The number of sulfone groups is 1. The Morgan fingerprint density at radius 1 is 1.00 bits per heavy atom. The van der Waals surface area contributed by atoms with Crippen molar-refractivity contribution in [1.29, 1.82) is 0 Å². The minimum absolute atomic E-state index is 0.0498. The number of hydrogen-bond acceptors (Lipinski definition) is 5. The van der Waals surface area contributed by atoms with Gasteiger partial charge in [0, 0.05) is 37.0 Å². The van der Waals surface area contributed by atoms with E-state index in [0.717, 1.165) is 6.07 Å². The molecule has 0 saturated carbocycles. The minimum atomic E-state index is -6.01. The molecule has 1 aliphatic heterocycles. The van der Waals surface area contributed by atoms with Crippen LogP contribution in [0.15, 0.2) is 53.4 Å². The fraction of sp³-hybridized carbons (Fsp3) is 0.500. The third kappa shape index (κ3) is 5.08. The first kappa shape index (κ1) is 28.3. The van der Waals surface area contributed by atoms with Crippen molar-refractivity contribution in [3.63, 3.8) is 0 Å². The summed E-state index contributed by atoms with van der Waals surface area (Å²) in [5.41, 5.74) is -6.04. The molecular formula is C24H27F6NO4S. The third-order valence-electron chi connectivity index (χ3n) is 6.56. The highest BCUT2D eigenvalue weighted by Crippen LogP contribution is 2.51. The van der Waals surface area contributed by atoms with Gasteiger partial charge < -0.3 is 14.7 Å². The van der Waals surface area contributed by atoms with E-state index in [9.17, 15) is 39.9 Å². The van der Waals surface area contributed by atoms with Crippen molar-refractivity contribution >= 4 is 15.5 Å². The lowest BCUT2D eigenvalue weighted by Gasteiger charge is -2.37. The number of hydrogen-bond donors (Lipinski definition) is 1. The predicted octanol–water partition coefficient (Wildman–Crippen LogP) is 5.54. The summed E-state index contributed by atoms with van der Waals surface area (Å²) in [5, 5.41) is 9.19. The summed E-state index contributed by atoms with van der Waals surface area (Å²) in [6.45, 7) is 2.08. The van der Waals surface area contributed by atoms with Gasteiger partial charge in [0.1, 0.15) is 0 Å². The molecule has 0 aliphatic carbocycles. The molecule has 3 rings (SSSR count). The first-order valence-corrected chi connectivity index (χ1v) is 12.8. The lowest BCUT2D eigenvalue weighted by Crippen LogP contribution is -2.54. The zero-order valence-corrected chi connectivity index (χ0v) is 20.4. The van der Waals surface area contributed by atoms with Gasteiger partial charge in [0.2, 0.25) is 0 Å². The van der Waals surface area contributed by atoms with Crippen LogP contribution in [0.25, 0.3) is 0 Å². The summed E-state index contributed by atoms with van der Waals surface area (Å²) in [4.78, 5) is 1.91. The van der Waals surface area contributed by atoms with E-state index >= 15 is 0 Å². The van der Waals surface area contributed by atoms with Crippen LogP contribution in [0.5, 0.6) is 0 Å². The van der Waals surface area contributed by atoms with Crippen LogP contribution in [-0.2, 0) is 20.2 Å². The number of methoxy groups -OCH3 is 1. The van der Waals surface area contributed by atoms with E-state index in [4.69, 9.17) is 4.74 Å². The molecule has 12 heteroatoms. The summed E-state index contributed by atoms with van der Waals surface area (Å²) in [7, 11) is -2.32. The van der Waals surface area contributed by atoms with Crippen molar-refractivity contribution in [3.8, 4) is 0 Å². The molecule has 2 aromatic rings. The molecule has 200 valence electrons. The molecule has 0 amide bonds. The van der Waals surface area contributed by atoms with E-state index in [0.29, 0.717) is 17.8 Å². The van der Waals surface area contributed by atoms with Gasteiger partial charge in [-0.15, -0.1) is 0 Å². The second-order valence-electron chi connectivity index (χ2n) is 8.66. The maximum Gasteiger partial charge on any atom is 0.430 e. The van der Waals surface area contributed by atoms with Gasteiger partial charge in [-0.2, -0.15) is 26.3 Å². The Labute approximate surface area is 205 Å². The van der Waals surface area contributed by atoms with Crippen LogP contribution in [0.2, 0.25) is 0 Å². The van der Waals surface area contributed by atoms with Gasteiger partial charge >= 0.3 is 12.4 Å². The first-order valence-electron chi connectivity index (χ1n) is 11.2. The van der Waals surface area contributed by atoms with Crippen LogP contribution in [-0.4, -0.2) is 51.3 Å². The monoisotopic (exact) mass is 539 g/mol. The summed E-state index contributed by atoms with van der Waals surface area (Å²) in [6, 6.07) is 10.3. The summed E-state index contributed by atoms with van der Waals surface area (Å²) < 4.78 is 112. The second kappa shape index (κ2) is 10.2. The summed E-state index contributed by atoms with van der Waals surface area (Å²) >= 11 is 0. The van der Waals surface area contributed by atoms with Gasteiger partial charge in [-0.3, -0.25) is 0 Å². The first-order chi connectivity index (χ1) is 16.7. The largest absolute Gasteiger partial charge is 0.430 e. The van der Waals surface area contributed by atoms with E-state index in [1.807, 2.05) is 0 Å². The topological polar surface area (TPSA) is 66.8 Å². The predicted molar refractivity (Wildman–Crippen MR) is 121 cm³/mol. The average molecular weight is 540 g/mol. The third-order valence-corrected chi connectivity index (χ3v) is 8.84. The standard InChI is InChI=1S/C24H27F6NO4S/c1-3-21(35-2)19-15-16(22(32,23(25,26)27)24(28,29)30)9-10-20(19)31-13-11-18(12-14-31)36(33,34)17-7-5-4-6-8-17/h4-10,15,18,21,32H,3,11-14H2,1-2H3/t21-/m0/s1. The fourth-order valence-corrected chi connectivity index (χ4v) is 6.29. The highest BCUT2D eigenvalue weighted by Gasteiger charge is 2.71.